The molecule has 0 aliphatic heterocycles. The lowest BCUT2D eigenvalue weighted by molar-refractivity contribution is 0.298. The topological polar surface area (TPSA) is 35.2 Å². The molecule has 0 saturated carbocycles. The van der Waals surface area contributed by atoms with Gasteiger partial charge in [0.1, 0.15) is 18.2 Å². The molecule has 0 heterocycles. The van der Waals surface area contributed by atoms with Crippen LogP contribution in [0.3, 0.4) is 0 Å². The summed E-state index contributed by atoms with van der Waals surface area (Å²) in [5.74, 6) is 0.411. The van der Waals surface area contributed by atoms with Gasteiger partial charge in [-0.05, 0) is 45.8 Å². The standard InChI is InChI=1S/C14H13BrFNO/c15-12-3-1-2-4-14(12)18-9-11-7-10(8-17)5-6-13(11)16/h1-7H,8-9,17H2. The van der Waals surface area contributed by atoms with Crippen LogP contribution in [0.1, 0.15) is 11.1 Å². The van der Waals surface area contributed by atoms with Crippen molar-refractivity contribution in [3.05, 3.63) is 63.9 Å². The van der Waals surface area contributed by atoms with Crippen molar-refractivity contribution >= 4 is 15.9 Å². The van der Waals surface area contributed by atoms with Gasteiger partial charge in [-0.25, -0.2) is 4.39 Å². The van der Waals surface area contributed by atoms with Crippen LogP contribution in [-0.2, 0) is 13.2 Å². The zero-order chi connectivity index (χ0) is 13.0. The number of para-hydroxylation sites is 1. The first-order chi connectivity index (χ1) is 8.70. The van der Waals surface area contributed by atoms with E-state index < -0.39 is 0 Å². The molecule has 0 atom stereocenters. The van der Waals surface area contributed by atoms with Crippen molar-refractivity contribution in [2.24, 2.45) is 5.73 Å². The van der Waals surface area contributed by atoms with Gasteiger partial charge in [-0.15, -0.1) is 0 Å². The second kappa shape index (κ2) is 5.98. The summed E-state index contributed by atoms with van der Waals surface area (Å²) in [5.41, 5.74) is 6.93. The van der Waals surface area contributed by atoms with Crippen LogP contribution in [0.2, 0.25) is 0 Å². The first kappa shape index (κ1) is 13.1. The van der Waals surface area contributed by atoms with E-state index in [9.17, 15) is 4.39 Å². The molecule has 0 saturated heterocycles. The Kier molecular flexibility index (Phi) is 4.33. The van der Waals surface area contributed by atoms with Crippen LogP contribution < -0.4 is 10.5 Å². The van der Waals surface area contributed by atoms with Crippen molar-refractivity contribution < 1.29 is 9.13 Å². The molecule has 2 N–H and O–H groups in total. The van der Waals surface area contributed by atoms with E-state index in [1.807, 2.05) is 24.3 Å². The van der Waals surface area contributed by atoms with Gasteiger partial charge in [0.25, 0.3) is 0 Å². The second-order valence-corrected chi connectivity index (χ2v) is 4.70. The van der Waals surface area contributed by atoms with Gasteiger partial charge in [0.15, 0.2) is 0 Å². The zero-order valence-corrected chi connectivity index (χ0v) is 11.3. The molecule has 2 aromatic carbocycles. The summed E-state index contributed by atoms with van der Waals surface area (Å²) in [6.45, 7) is 0.574. The molecule has 2 rings (SSSR count). The minimum absolute atomic E-state index is 0.183. The van der Waals surface area contributed by atoms with E-state index in [1.165, 1.54) is 6.07 Å². The molecular formula is C14H13BrFNO. The van der Waals surface area contributed by atoms with Crippen molar-refractivity contribution in [3.8, 4) is 5.75 Å². The van der Waals surface area contributed by atoms with Gasteiger partial charge in [0.2, 0.25) is 0 Å². The fraction of sp³-hybridized carbons (Fsp3) is 0.143. The Hall–Kier alpha value is -1.39. The highest BCUT2D eigenvalue weighted by Gasteiger charge is 2.05. The molecule has 0 radical (unpaired) electrons. The average molecular weight is 310 g/mol. The Morgan fingerprint density at radius 1 is 1.17 bits per heavy atom. The number of nitrogens with two attached hydrogens (primary N) is 1. The number of rotatable bonds is 4. The Morgan fingerprint density at radius 3 is 2.67 bits per heavy atom. The smallest absolute Gasteiger partial charge is 0.133 e. The van der Waals surface area contributed by atoms with E-state index in [2.05, 4.69) is 15.9 Å². The van der Waals surface area contributed by atoms with Crippen molar-refractivity contribution in [2.75, 3.05) is 0 Å². The maximum Gasteiger partial charge on any atom is 0.133 e. The Bertz CT molecular complexity index is 545. The predicted molar refractivity (Wildman–Crippen MR) is 72.8 cm³/mol. The lowest BCUT2D eigenvalue weighted by atomic mass is 10.1. The molecular weight excluding hydrogens is 297 g/mol. The molecule has 0 unspecified atom stereocenters. The van der Waals surface area contributed by atoms with Gasteiger partial charge in [0.05, 0.1) is 4.47 Å². The van der Waals surface area contributed by atoms with Gasteiger partial charge in [0, 0.05) is 12.1 Å². The molecule has 18 heavy (non-hydrogen) atoms. The SMILES string of the molecule is NCc1ccc(F)c(COc2ccccc2Br)c1. The lowest BCUT2D eigenvalue weighted by Crippen LogP contribution is -2.02. The number of benzene rings is 2. The van der Waals surface area contributed by atoms with Crippen LogP contribution in [0.25, 0.3) is 0 Å². The normalized spacial score (nSPS) is 10.4. The van der Waals surface area contributed by atoms with Crippen LogP contribution in [0.4, 0.5) is 4.39 Å². The van der Waals surface area contributed by atoms with Crippen molar-refractivity contribution in [1.82, 2.24) is 0 Å². The Balaban J connectivity index is 2.13. The number of hydrogen-bond donors (Lipinski definition) is 1. The molecule has 0 aliphatic carbocycles. The quantitative estimate of drug-likeness (QED) is 0.936. The third-order valence-corrected chi connectivity index (χ3v) is 3.22. The third-order valence-electron chi connectivity index (χ3n) is 2.57. The third kappa shape index (κ3) is 3.09. The maximum absolute atomic E-state index is 13.6. The first-order valence-corrected chi connectivity index (χ1v) is 6.34. The van der Waals surface area contributed by atoms with E-state index in [1.54, 1.807) is 12.1 Å². The highest BCUT2D eigenvalue weighted by molar-refractivity contribution is 9.10. The molecule has 0 spiro atoms. The van der Waals surface area contributed by atoms with E-state index in [0.29, 0.717) is 17.9 Å². The van der Waals surface area contributed by atoms with Crippen LogP contribution in [0.5, 0.6) is 5.75 Å². The Labute approximate surface area is 114 Å². The zero-order valence-electron chi connectivity index (χ0n) is 9.70. The van der Waals surface area contributed by atoms with E-state index in [-0.39, 0.29) is 12.4 Å². The van der Waals surface area contributed by atoms with Gasteiger partial charge < -0.3 is 10.5 Å². The van der Waals surface area contributed by atoms with E-state index in [0.717, 1.165) is 10.0 Å². The molecule has 0 fully saturated rings. The van der Waals surface area contributed by atoms with Gasteiger partial charge in [-0.2, -0.15) is 0 Å². The number of hydrogen-bond acceptors (Lipinski definition) is 2. The molecule has 2 nitrogen and oxygen atoms in total. The van der Waals surface area contributed by atoms with Gasteiger partial charge >= 0.3 is 0 Å². The van der Waals surface area contributed by atoms with Crippen LogP contribution in [0.15, 0.2) is 46.9 Å². The van der Waals surface area contributed by atoms with Crippen LogP contribution >= 0.6 is 15.9 Å². The first-order valence-electron chi connectivity index (χ1n) is 5.55. The summed E-state index contributed by atoms with van der Waals surface area (Å²) in [7, 11) is 0. The maximum atomic E-state index is 13.6. The molecule has 4 heteroatoms. The number of ether oxygens (including phenoxy) is 1. The van der Waals surface area contributed by atoms with Crippen LogP contribution in [-0.4, -0.2) is 0 Å². The largest absolute Gasteiger partial charge is 0.488 e. The van der Waals surface area contributed by atoms with Crippen molar-refractivity contribution in [1.29, 1.82) is 0 Å². The predicted octanol–water partition coefficient (Wildman–Crippen LogP) is 3.63. The van der Waals surface area contributed by atoms with Crippen LogP contribution in [0, 0.1) is 5.82 Å². The summed E-state index contributed by atoms with van der Waals surface area (Å²) in [6.07, 6.45) is 0. The summed E-state index contributed by atoms with van der Waals surface area (Å²) in [6, 6.07) is 12.3. The van der Waals surface area contributed by atoms with Crippen molar-refractivity contribution in [2.45, 2.75) is 13.2 Å². The Morgan fingerprint density at radius 2 is 1.94 bits per heavy atom. The summed E-state index contributed by atoms with van der Waals surface area (Å²) >= 11 is 3.38. The molecule has 0 bridgehead atoms. The molecule has 0 aliphatic rings. The highest BCUT2D eigenvalue weighted by Crippen LogP contribution is 2.25. The van der Waals surface area contributed by atoms with Gasteiger partial charge in [-0.1, -0.05) is 18.2 Å². The van der Waals surface area contributed by atoms with Crippen molar-refractivity contribution in [3.63, 3.8) is 0 Å². The molecule has 0 aromatic heterocycles. The molecule has 0 amide bonds. The molecule has 2 aromatic rings. The lowest BCUT2D eigenvalue weighted by Gasteiger charge is -2.09. The summed E-state index contributed by atoms with van der Waals surface area (Å²) < 4.78 is 20.0. The van der Waals surface area contributed by atoms with E-state index in [4.69, 9.17) is 10.5 Å². The molecule has 94 valence electrons. The fourth-order valence-corrected chi connectivity index (χ4v) is 1.98. The minimum atomic E-state index is -0.278. The highest BCUT2D eigenvalue weighted by atomic mass is 79.9. The van der Waals surface area contributed by atoms with Gasteiger partial charge in [-0.3, -0.25) is 0 Å². The summed E-state index contributed by atoms with van der Waals surface area (Å²) in [4.78, 5) is 0. The minimum Gasteiger partial charge on any atom is -0.488 e. The van der Waals surface area contributed by atoms with E-state index >= 15 is 0 Å². The number of halogens is 2. The second-order valence-electron chi connectivity index (χ2n) is 3.85. The summed E-state index contributed by atoms with van der Waals surface area (Å²) in [5, 5.41) is 0. The monoisotopic (exact) mass is 309 g/mol. The average Bonchev–Trinajstić information content (AvgIpc) is 2.39. The fourth-order valence-electron chi connectivity index (χ4n) is 1.58.